The lowest BCUT2D eigenvalue weighted by molar-refractivity contribution is -0.143. The Labute approximate surface area is 357 Å². The number of nitrogens with one attached hydrogen (secondary N) is 2. The molecule has 4 bridgehead atoms. The summed E-state index contributed by atoms with van der Waals surface area (Å²) in [6, 6.07) is 31.6. The minimum Gasteiger partial charge on any atom is -0.464 e. The third-order valence-corrected chi connectivity index (χ3v) is 13.0. The van der Waals surface area contributed by atoms with E-state index in [0.29, 0.717) is 44.9 Å². The van der Waals surface area contributed by atoms with Crippen LogP contribution in [0, 0.1) is 22.7 Å². The monoisotopic (exact) mass is 844 g/mol. The summed E-state index contributed by atoms with van der Waals surface area (Å²) in [5.41, 5.74) is 3.80. The van der Waals surface area contributed by atoms with E-state index in [4.69, 9.17) is 18.9 Å². The number of carbonyl (C=O) groups excluding carboxylic acids is 4. The Balaban J connectivity index is 1.18. The number of cyclic esters (lactones) is 4. The molecule has 0 aromatic heterocycles. The highest BCUT2D eigenvalue weighted by atomic mass is 32.2. The van der Waals surface area contributed by atoms with Gasteiger partial charge in [-0.3, -0.25) is 9.59 Å². The Hall–Kier alpha value is -5.96. The molecular formula is C46H44N4O8S2. The van der Waals surface area contributed by atoms with Gasteiger partial charge in [0.1, 0.15) is 37.3 Å². The van der Waals surface area contributed by atoms with Crippen LogP contribution < -0.4 is 10.6 Å². The van der Waals surface area contributed by atoms with Gasteiger partial charge in [0.05, 0.1) is 38.1 Å². The summed E-state index contributed by atoms with van der Waals surface area (Å²) < 4.78 is 21.7. The molecule has 4 aromatic rings. The smallest absolute Gasteiger partial charge is 0.407 e. The predicted octanol–water partition coefficient (Wildman–Crippen LogP) is 7.55. The summed E-state index contributed by atoms with van der Waals surface area (Å²) >= 11 is 3.35. The van der Waals surface area contributed by atoms with Crippen molar-refractivity contribution in [3.8, 4) is 34.4 Å². The lowest BCUT2D eigenvalue weighted by atomic mass is 9.55. The van der Waals surface area contributed by atoms with Crippen molar-refractivity contribution in [2.45, 2.75) is 49.7 Å². The van der Waals surface area contributed by atoms with Crippen LogP contribution >= 0.6 is 23.5 Å². The second-order valence-electron chi connectivity index (χ2n) is 14.5. The third kappa shape index (κ3) is 8.53. The van der Waals surface area contributed by atoms with Gasteiger partial charge in [-0.25, -0.2) is 9.59 Å². The number of amides is 2. The number of benzene rings is 4. The summed E-state index contributed by atoms with van der Waals surface area (Å²) in [7, 11) is 0. The summed E-state index contributed by atoms with van der Waals surface area (Å²) in [5, 5.41) is 28.5. The van der Waals surface area contributed by atoms with Gasteiger partial charge in [0.25, 0.3) is 0 Å². The molecule has 2 N–H and O–H groups in total. The first-order valence-corrected chi connectivity index (χ1v) is 22.2. The van der Waals surface area contributed by atoms with E-state index in [0.717, 1.165) is 46.6 Å². The van der Waals surface area contributed by atoms with E-state index in [9.17, 15) is 29.7 Å². The number of alkyl carbamates (subject to hydrolysis) is 2. The molecule has 2 amide bonds. The maximum Gasteiger partial charge on any atom is 0.407 e. The van der Waals surface area contributed by atoms with Crippen LogP contribution in [0.5, 0.6) is 0 Å². The number of hydrogen-bond donors (Lipinski definition) is 2. The molecule has 2 unspecified atom stereocenters. The van der Waals surface area contributed by atoms with Crippen LogP contribution in [0.4, 0.5) is 9.59 Å². The first kappa shape index (κ1) is 42.2. The zero-order valence-electron chi connectivity index (χ0n) is 33.0. The summed E-state index contributed by atoms with van der Waals surface area (Å²) in [6.45, 7) is -0.0791. The van der Waals surface area contributed by atoms with Gasteiger partial charge in [0.15, 0.2) is 0 Å². The highest BCUT2D eigenvalue weighted by Gasteiger charge is 2.64. The lowest BCUT2D eigenvalue weighted by Gasteiger charge is -2.40. The molecular weight excluding hydrogens is 801 g/mol. The highest BCUT2D eigenvalue weighted by Crippen LogP contribution is 2.64. The first-order chi connectivity index (χ1) is 29.3. The van der Waals surface area contributed by atoms with Crippen molar-refractivity contribution < 1.29 is 38.1 Å². The molecule has 3 aliphatic rings. The van der Waals surface area contributed by atoms with E-state index in [1.54, 1.807) is 23.5 Å². The van der Waals surface area contributed by atoms with E-state index in [-0.39, 0.29) is 64.3 Å². The Kier molecular flexibility index (Phi) is 13.6. The van der Waals surface area contributed by atoms with Crippen molar-refractivity contribution in [2.24, 2.45) is 0 Å². The molecule has 0 spiro atoms. The summed E-state index contributed by atoms with van der Waals surface area (Å²) in [6.07, 6.45) is 1.13. The number of hydrogen-bond acceptors (Lipinski definition) is 12. The minimum atomic E-state index is -1.57. The zero-order chi connectivity index (χ0) is 42.0. The maximum absolute atomic E-state index is 12.8. The van der Waals surface area contributed by atoms with Gasteiger partial charge in [-0.15, -0.1) is 0 Å². The number of ether oxygens (including phenoxy) is 4. The average molecular weight is 845 g/mol. The number of thioether (sulfide) groups is 2. The summed E-state index contributed by atoms with van der Waals surface area (Å²) in [4.78, 5) is 50.0. The molecule has 2 aliphatic carbocycles. The molecule has 308 valence electrons. The average Bonchev–Trinajstić information content (AvgIpc) is 3.72. The number of rotatable bonds is 0. The van der Waals surface area contributed by atoms with Crippen molar-refractivity contribution in [3.05, 3.63) is 118 Å². The fourth-order valence-corrected chi connectivity index (χ4v) is 10.00. The number of esters is 2. The Morgan fingerprint density at radius 1 is 0.517 bits per heavy atom. The van der Waals surface area contributed by atoms with Crippen molar-refractivity contribution in [2.75, 3.05) is 49.3 Å². The molecule has 0 saturated carbocycles. The van der Waals surface area contributed by atoms with Gasteiger partial charge in [0, 0.05) is 11.5 Å². The number of nitriles is 2. The lowest BCUT2D eigenvalue weighted by Crippen LogP contribution is -2.47. The normalized spacial score (nSPS) is 22.0. The highest BCUT2D eigenvalue weighted by molar-refractivity contribution is 7.99. The number of nitrogens with zero attached hydrogens (tertiary/aromatic N) is 2. The van der Waals surface area contributed by atoms with Crippen LogP contribution in [-0.2, 0) is 52.6 Å². The maximum atomic E-state index is 12.8. The molecule has 4 aromatic carbocycles. The van der Waals surface area contributed by atoms with E-state index in [1.165, 1.54) is 0 Å². The van der Waals surface area contributed by atoms with Crippen LogP contribution in [0.25, 0.3) is 22.3 Å². The van der Waals surface area contributed by atoms with Crippen molar-refractivity contribution >= 4 is 47.6 Å². The molecule has 0 radical (unpaired) electrons. The fraction of sp³-hybridized carbons (Fsp3) is 0.348. The van der Waals surface area contributed by atoms with E-state index >= 15 is 0 Å². The van der Waals surface area contributed by atoms with Gasteiger partial charge in [-0.05, 0) is 92.1 Å². The first-order valence-electron chi connectivity index (χ1n) is 19.9. The second kappa shape index (κ2) is 19.4. The molecule has 60 heavy (non-hydrogen) atoms. The van der Waals surface area contributed by atoms with Crippen LogP contribution in [0.2, 0.25) is 0 Å². The molecule has 14 heteroatoms. The Morgan fingerprint density at radius 2 is 0.933 bits per heavy atom. The van der Waals surface area contributed by atoms with Gasteiger partial charge >= 0.3 is 24.1 Å². The van der Waals surface area contributed by atoms with Crippen LogP contribution in [-0.4, -0.2) is 73.4 Å². The molecule has 7 rings (SSSR count). The SMILES string of the molecule is N#CC12c3ccccc3-c3ccc(cc31)COC(=O)NCCOC(=O)CCSCCCCSCCC(=O)OCCNC(=O)OCc1ccc3c(c1)C2(C#N)c1ccccc1-3. The van der Waals surface area contributed by atoms with Gasteiger partial charge in [-0.1, -0.05) is 72.8 Å². The largest absolute Gasteiger partial charge is 0.464 e. The van der Waals surface area contributed by atoms with Gasteiger partial charge in [0.2, 0.25) is 0 Å². The van der Waals surface area contributed by atoms with Crippen LogP contribution in [0.1, 0.15) is 59.1 Å². The van der Waals surface area contributed by atoms with Crippen molar-refractivity contribution in [1.29, 1.82) is 10.5 Å². The third-order valence-electron chi connectivity index (χ3n) is 10.9. The molecule has 1 heterocycles. The van der Waals surface area contributed by atoms with E-state index in [1.807, 2.05) is 84.9 Å². The topological polar surface area (TPSA) is 177 Å². The van der Waals surface area contributed by atoms with Gasteiger partial charge < -0.3 is 29.6 Å². The summed E-state index contributed by atoms with van der Waals surface area (Å²) in [5.74, 6) is 2.41. The quantitative estimate of drug-likeness (QED) is 0.132. The van der Waals surface area contributed by atoms with Crippen molar-refractivity contribution in [3.63, 3.8) is 0 Å². The van der Waals surface area contributed by atoms with Crippen LogP contribution in [0.15, 0.2) is 84.9 Å². The molecule has 0 saturated heterocycles. The minimum absolute atomic E-state index is 0.00534. The predicted molar refractivity (Wildman–Crippen MR) is 228 cm³/mol. The molecule has 0 fully saturated rings. The Bertz CT molecular complexity index is 2200. The van der Waals surface area contributed by atoms with E-state index < -0.39 is 23.0 Å². The number of carbonyl (C=O) groups is 4. The van der Waals surface area contributed by atoms with E-state index in [2.05, 4.69) is 22.8 Å². The van der Waals surface area contributed by atoms with Gasteiger partial charge in [-0.2, -0.15) is 34.0 Å². The Morgan fingerprint density at radius 3 is 1.37 bits per heavy atom. The van der Waals surface area contributed by atoms with Crippen molar-refractivity contribution in [1.82, 2.24) is 10.6 Å². The molecule has 1 aliphatic heterocycles. The standard InChI is InChI=1S/C46H44N4O8S2/c47-29-45-37-9-3-1-7-33(37)35-13-11-31(25-39(35)45)27-57-43(53)49-17-19-55-41(51)15-23-59-21-5-6-22-60-24-16-42(52)56-20-18-50-44(54)58-28-32-12-14-36-34-8-2-4-10-38(34)46(45,30-48)40(36)26-32/h1-4,7-14,25-26H,5-6,15-24,27-28H2,(H,49,53)(H,50,54). The second-order valence-corrected chi connectivity index (χ2v) is 16.9. The molecule has 12 nitrogen and oxygen atoms in total. The molecule has 2 atom stereocenters. The van der Waals surface area contributed by atoms with Crippen LogP contribution in [0.3, 0.4) is 0 Å². The zero-order valence-corrected chi connectivity index (χ0v) is 34.6. The number of fused-ring (bicyclic) bond motifs is 9. The fourth-order valence-electron chi connectivity index (χ4n) is 8.15.